The summed E-state index contributed by atoms with van der Waals surface area (Å²) in [7, 11) is 0. The lowest BCUT2D eigenvalue weighted by atomic mass is 10.2. The summed E-state index contributed by atoms with van der Waals surface area (Å²) < 4.78 is 1.72. The molecule has 2 aromatic carbocycles. The van der Waals surface area contributed by atoms with Crippen LogP contribution in [0, 0.1) is 0 Å². The molecule has 0 radical (unpaired) electrons. The molecule has 0 fully saturated rings. The van der Waals surface area contributed by atoms with Gasteiger partial charge < -0.3 is 10.3 Å². The highest BCUT2D eigenvalue weighted by Gasteiger charge is 2.16. The Morgan fingerprint density at radius 1 is 1.04 bits per heavy atom. The molecule has 0 saturated heterocycles. The van der Waals surface area contributed by atoms with Crippen LogP contribution in [0.4, 0.5) is 5.69 Å². The largest absolute Gasteiger partial charge is 0.333 e. The molecule has 0 bridgehead atoms. The summed E-state index contributed by atoms with van der Waals surface area (Å²) in [5.41, 5.74) is -0.520. The van der Waals surface area contributed by atoms with Crippen LogP contribution < -0.4 is 16.6 Å². The average Bonchev–Trinajstić information content (AvgIpc) is 2.56. The van der Waals surface area contributed by atoms with E-state index in [0.29, 0.717) is 11.4 Å². The molecule has 3 aromatic rings. The second-order valence-corrected chi connectivity index (χ2v) is 5.86. The van der Waals surface area contributed by atoms with Gasteiger partial charge in [0, 0.05) is 16.4 Å². The third-order valence-corrected chi connectivity index (χ3v) is 3.81. The molecule has 0 aliphatic rings. The number of H-pyrrole nitrogens is 1. The first kappa shape index (κ1) is 15.9. The van der Waals surface area contributed by atoms with Crippen molar-refractivity contribution < 1.29 is 4.79 Å². The van der Waals surface area contributed by atoms with Crippen molar-refractivity contribution in [2.24, 2.45) is 0 Å². The molecule has 1 aromatic heterocycles. The monoisotopic (exact) mass is 385 g/mol. The zero-order chi connectivity index (χ0) is 17.1. The van der Waals surface area contributed by atoms with Gasteiger partial charge in [-0.3, -0.25) is 9.59 Å². The quantitative estimate of drug-likeness (QED) is 0.726. The fourth-order valence-corrected chi connectivity index (χ4v) is 2.61. The number of rotatable bonds is 3. The summed E-state index contributed by atoms with van der Waals surface area (Å²) in [5.74, 6) is -0.598. The molecule has 3 rings (SSSR count). The van der Waals surface area contributed by atoms with E-state index in [-0.39, 0.29) is 5.56 Å². The van der Waals surface area contributed by atoms with E-state index >= 15 is 0 Å². The van der Waals surface area contributed by atoms with Crippen LogP contribution in [-0.4, -0.2) is 15.5 Å². The number of hydrogen-bond donors (Lipinski definition) is 2. The maximum atomic E-state index is 12.6. The molecule has 0 spiro atoms. The maximum Gasteiger partial charge on any atom is 0.333 e. The van der Waals surface area contributed by atoms with Crippen LogP contribution in [0.5, 0.6) is 0 Å². The zero-order valence-corrected chi connectivity index (χ0v) is 13.9. The van der Waals surface area contributed by atoms with Crippen molar-refractivity contribution in [1.82, 2.24) is 9.55 Å². The number of para-hydroxylation sites is 1. The maximum absolute atomic E-state index is 12.6. The number of nitrogens with one attached hydrogen (secondary N) is 2. The summed E-state index contributed by atoms with van der Waals surface area (Å²) in [5, 5.41) is 2.63. The number of carbonyl (C=O) groups excluding carboxylic acids is 1. The molecule has 0 atom stereocenters. The Balaban J connectivity index is 2.02. The van der Waals surface area contributed by atoms with Gasteiger partial charge in [0.05, 0.1) is 5.69 Å². The van der Waals surface area contributed by atoms with E-state index in [1.165, 1.54) is 0 Å². The van der Waals surface area contributed by atoms with Gasteiger partial charge in [-0.1, -0.05) is 40.2 Å². The summed E-state index contributed by atoms with van der Waals surface area (Å²) >= 11 is 3.31. The highest BCUT2D eigenvalue weighted by atomic mass is 79.9. The fourth-order valence-electron chi connectivity index (χ4n) is 2.21. The Labute approximate surface area is 144 Å². The predicted octanol–water partition coefficient (Wildman–Crippen LogP) is 2.54. The number of hydrogen-bond acceptors (Lipinski definition) is 3. The average molecular weight is 386 g/mol. The van der Waals surface area contributed by atoms with Crippen LogP contribution in [0.15, 0.2) is 74.9 Å². The van der Waals surface area contributed by atoms with Crippen molar-refractivity contribution in [3.05, 3.63) is 91.7 Å². The zero-order valence-electron chi connectivity index (χ0n) is 12.3. The van der Waals surface area contributed by atoms with Crippen LogP contribution in [-0.2, 0) is 0 Å². The summed E-state index contributed by atoms with van der Waals surface area (Å²) in [6.45, 7) is 0. The van der Waals surface area contributed by atoms with Gasteiger partial charge in [0.15, 0.2) is 0 Å². The van der Waals surface area contributed by atoms with Crippen LogP contribution in [0.1, 0.15) is 10.4 Å². The van der Waals surface area contributed by atoms with E-state index in [1.54, 1.807) is 48.5 Å². The Morgan fingerprint density at radius 3 is 2.50 bits per heavy atom. The van der Waals surface area contributed by atoms with Crippen LogP contribution in [0.3, 0.4) is 0 Å². The molecule has 6 nitrogen and oxygen atoms in total. The van der Waals surface area contributed by atoms with E-state index in [1.807, 2.05) is 6.07 Å². The predicted molar refractivity (Wildman–Crippen MR) is 94.8 cm³/mol. The topological polar surface area (TPSA) is 84.0 Å². The number of carbonyl (C=O) groups is 1. The summed E-state index contributed by atoms with van der Waals surface area (Å²) in [6, 6.07) is 15.4. The highest BCUT2D eigenvalue weighted by Crippen LogP contribution is 2.16. The Hall–Kier alpha value is -2.93. The first-order valence-corrected chi connectivity index (χ1v) is 7.82. The molecule has 24 heavy (non-hydrogen) atoms. The van der Waals surface area contributed by atoms with Crippen molar-refractivity contribution in [2.45, 2.75) is 0 Å². The summed E-state index contributed by atoms with van der Waals surface area (Å²) in [4.78, 5) is 39.4. The number of amides is 1. The number of aromatic amines is 1. The molecule has 7 heteroatoms. The third-order valence-electron chi connectivity index (χ3n) is 3.32. The number of benzene rings is 2. The SMILES string of the molecule is O=C(Nc1cccc(Br)c1)c1c[nH]c(=O)n(-c2ccccc2)c1=O. The lowest BCUT2D eigenvalue weighted by Crippen LogP contribution is -2.38. The number of nitrogens with zero attached hydrogens (tertiary/aromatic N) is 1. The lowest BCUT2D eigenvalue weighted by Gasteiger charge is -2.08. The summed E-state index contributed by atoms with van der Waals surface area (Å²) in [6.07, 6.45) is 1.12. The molecule has 0 unspecified atom stereocenters. The molecule has 1 amide bonds. The van der Waals surface area contributed by atoms with Crippen molar-refractivity contribution in [3.63, 3.8) is 0 Å². The van der Waals surface area contributed by atoms with Gasteiger partial charge in [0.1, 0.15) is 5.56 Å². The first-order valence-electron chi connectivity index (χ1n) is 7.03. The Kier molecular flexibility index (Phi) is 4.43. The van der Waals surface area contributed by atoms with E-state index in [9.17, 15) is 14.4 Å². The molecule has 1 heterocycles. The normalized spacial score (nSPS) is 10.4. The van der Waals surface area contributed by atoms with E-state index < -0.39 is 17.2 Å². The molecule has 0 aliphatic heterocycles. The third kappa shape index (κ3) is 3.21. The number of halogens is 1. The van der Waals surface area contributed by atoms with Crippen LogP contribution in [0.25, 0.3) is 5.69 Å². The molecule has 0 aliphatic carbocycles. The van der Waals surface area contributed by atoms with Crippen molar-refractivity contribution >= 4 is 27.5 Å². The molecular weight excluding hydrogens is 374 g/mol. The minimum atomic E-state index is -0.683. The smallest absolute Gasteiger partial charge is 0.322 e. The van der Waals surface area contributed by atoms with Crippen LogP contribution in [0.2, 0.25) is 0 Å². The molecule has 2 N–H and O–H groups in total. The van der Waals surface area contributed by atoms with Gasteiger partial charge in [-0.2, -0.15) is 0 Å². The van der Waals surface area contributed by atoms with Gasteiger partial charge in [0.2, 0.25) is 0 Å². The van der Waals surface area contributed by atoms with Gasteiger partial charge in [-0.25, -0.2) is 9.36 Å². The van der Waals surface area contributed by atoms with Gasteiger partial charge in [0.25, 0.3) is 11.5 Å². The number of aromatic nitrogens is 2. The minimum absolute atomic E-state index is 0.154. The first-order chi connectivity index (χ1) is 11.6. The van der Waals surface area contributed by atoms with Crippen molar-refractivity contribution in [3.8, 4) is 5.69 Å². The van der Waals surface area contributed by atoms with E-state index in [2.05, 4.69) is 26.2 Å². The second-order valence-electron chi connectivity index (χ2n) is 4.95. The lowest BCUT2D eigenvalue weighted by molar-refractivity contribution is 0.102. The van der Waals surface area contributed by atoms with Gasteiger partial charge in [-0.15, -0.1) is 0 Å². The molecule has 120 valence electrons. The van der Waals surface area contributed by atoms with Crippen molar-refractivity contribution in [1.29, 1.82) is 0 Å². The van der Waals surface area contributed by atoms with Gasteiger partial charge in [-0.05, 0) is 30.3 Å². The van der Waals surface area contributed by atoms with E-state index in [0.717, 1.165) is 15.2 Å². The van der Waals surface area contributed by atoms with Crippen LogP contribution >= 0.6 is 15.9 Å². The Bertz CT molecular complexity index is 1010. The molecule has 0 saturated carbocycles. The highest BCUT2D eigenvalue weighted by molar-refractivity contribution is 9.10. The van der Waals surface area contributed by atoms with Gasteiger partial charge >= 0.3 is 5.69 Å². The number of anilines is 1. The minimum Gasteiger partial charge on any atom is -0.322 e. The Morgan fingerprint density at radius 2 is 1.79 bits per heavy atom. The fraction of sp³-hybridized carbons (Fsp3) is 0. The van der Waals surface area contributed by atoms with Crippen molar-refractivity contribution in [2.75, 3.05) is 5.32 Å². The van der Waals surface area contributed by atoms with E-state index in [4.69, 9.17) is 0 Å². The standard InChI is InChI=1S/C17H12BrN3O3/c18-11-5-4-6-12(9-11)20-15(22)14-10-19-17(24)21(16(14)23)13-7-2-1-3-8-13/h1-10H,(H,19,24)(H,20,22). The molecular formula is C17H12BrN3O3. The second kappa shape index (κ2) is 6.67.